The molecule has 1 heterocycles. The van der Waals surface area contributed by atoms with Crippen molar-refractivity contribution >= 4 is 34.0 Å². The van der Waals surface area contributed by atoms with Gasteiger partial charge in [0.25, 0.3) is 5.91 Å². The largest absolute Gasteiger partial charge is 0.496 e. The minimum Gasteiger partial charge on any atom is -0.496 e. The first kappa shape index (κ1) is 15.3. The standard InChI is InChI=1S/C14H12ClN3O2S/c1-20-12-5-4-9(15)7-11(12)13(19)18-14-17-8-10(21-14)3-2-6-16/h4-5,7-8H,6,16H2,1H3,(H,17,18,19). The topological polar surface area (TPSA) is 77.2 Å². The zero-order valence-electron chi connectivity index (χ0n) is 11.1. The summed E-state index contributed by atoms with van der Waals surface area (Å²) in [4.78, 5) is 17.0. The molecule has 0 aliphatic heterocycles. The van der Waals surface area contributed by atoms with E-state index < -0.39 is 0 Å². The quantitative estimate of drug-likeness (QED) is 0.851. The number of methoxy groups -OCH3 is 1. The molecule has 0 atom stereocenters. The lowest BCUT2D eigenvalue weighted by atomic mass is 10.2. The highest BCUT2D eigenvalue weighted by molar-refractivity contribution is 7.16. The van der Waals surface area contributed by atoms with Crippen LogP contribution in [0.4, 0.5) is 5.13 Å². The number of amides is 1. The third-order valence-corrected chi connectivity index (χ3v) is 3.51. The Labute approximate surface area is 131 Å². The molecule has 1 aromatic heterocycles. The lowest BCUT2D eigenvalue weighted by Gasteiger charge is -2.07. The molecule has 21 heavy (non-hydrogen) atoms. The minimum absolute atomic E-state index is 0.277. The van der Waals surface area contributed by atoms with E-state index in [1.165, 1.54) is 18.4 Å². The Balaban J connectivity index is 2.18. The van der Waals surface area contributed by atoms with Gasteiger partial charge in [-0.05, 0) is 18.2 Å². The van der Waals surface area contributed by atoms with Crippen LogP contribution in [-0.2, 0) is 0 Å². The van der Waals surface area contributed by atoms with E-state index in [2.05, 4.69) is 22.1 Å². The normalized spacial score (nSPS) is 9.67. The second-order valence-electron chi connectivity index (χ2n) is 3.83. The lowest BCUT2D eigenvalue weighted by molar-refractivity contribution is 0.102. The van der Waals surface area contributed by atoms with Crippen LogP contribution in [0.5, 0.6) is 5.75 Å². The van der Waals surface area contributed by atoms with Crippen molar-refractivity contribution in [2.45, 2.75) is 0 Å². The monoisotopic (exact) mass is 321 g/mol. The maximum Gasteiger partial charge on any atom is 0.261 e. The number of nitrogens with zero attached hydrogens (tertiary/aromatic N) is 1. The molecule has 108 valence electrons. The van der Waals surface area contributed by atoms with Crippen LogP contribution in [0.15, 0.2) is 24.4 Å². The van der Waals surface area contributed by atoms with Crippen LogP contribution < -0.4 is 15.8 Å². The first-order valence-corrected chi connectivity index (χ1v) is 7.13. The second kappa shape index (κ2) is 7.09. The number of nitrogens with one attached hydrogen (secondary N) is 1. The molecule has 0 fully saturated rings. The van der Waals surface area contributed by atoms with Crippen molar-refractivity contribution in [2.24, 2.45) is 5.73 Å². The molecule has 1 aromatic carbocycles. The first-order chi connectivity index (χ1) is 10.1. The summed E-state index contributed by atoms with van der Waals surface area (Å²) >= 11 is 7.17. The molecule has 0 spiro atoms. The molecule has 5 nitrogen and oxygen atoms in total. The maximum absolute atomic E-state index is 12.2. The van der Waals surface area contributed by atoms with Gasteiger partial charge in [-0.15, -0.1) is 0 Å². The number of hydrogen-bond acceptors (Lipinski definition) is 5. The number of carbonyl (C=O) groups is 1. The summed E-state index contributed by atoms with van der Waals surface area (Å²) in [5.74, 6) is 5.68. The predicted octanol–water partition coefficient (Wildman–Crippen LogP) is 2.37. The number of carbonyl (C=O) groups excluding carboxylic acids is 1. The summed E-state index contributed by atoms with van der Waals surface area (Å²) in [6.45, 7) is 0.277. The van der Waals surface area contributed by atoms with Gasteiger partial charge in [-0.3, -0.25) is 10.1 Å². The number of rotatable bonds is 3. The molecule has 2 rings (SSSR count). The summed E-state index contributed by atoms with van der Waals surface area (Å²) in [6.07, 6.45) is 1.58. The fourth-order valence-electron chi connectivity index (χ4n) is 1.55. The molecule has 2 aromatic rings. The van der Waals surface area contributed by atoms with Crippen LogP contribution >= 0.6 is 22.9 Å². The lowest BCUT2D eigenvalue weighted by Crippen LogP contribution is -2.12. The molecule has 0 aliphatic carbocycles. The summed E-state index contributed by atoms with van der Waals surface area (Å²) in [5.41, 5.74) is 5.64. The summed E-state index contributed by atoms with van der Waals surface area (Å²) in [5, 5.41) is 3.59. The van der Waals surface area contributed by atoms with Crippen molar-refractivity contribution in [3.8, 4) is 17.6 Å². The smallest absolute Gasteiger partial charge is 0.261 e. The fraction of sp³-hybridized carbons (Fsp3) is 0.143. The molecule has 3 N–H and O–H groups in total. The van der Waals surface area contributed by atoms with Crippen LogP contribution in [0.3, 0.4) is 0 Å². The summed E-state index contributed by atoms with van der Waals surface area (Å²) in [6, 6.07) is 4.83. The zero-order chi connectivity index (χ0) is 15.2. The number of aromatic nitrogens is 1. The predicted molar refractivity (Wildman–Crippen MR) is 84.0 cm³/mol. The van der Waals surface area contributed by atoms with E-state index in [0.717, 1.165) is 4.88 Å². The zero-order valence-corrected chi connectivity index (χ0v) is 12.7. The van der Waals surface area contributed by atoms with E-state index in [0.29, 0.717) is 21.5 Å². The van der Waals surface area contributed by atoms with Crippen molar-refractivity contribution in [3.63, 3.8) is 0 Å². The number of anilines is 1. The molecule has 0 saturated heterocycles. The van der Waals surface area contributed by atoms with Gasteiger partial charge in [0.2, 0.25) is 0 Å². The van der Waals surface area contributed by atoms with Crippen LogP contribution in [0.25, 0.3) is 0 Å². The molecule has 1 amide bonds. The van der Waals surface area contributed by atoms with Gasteiger partial charge in [0.15, 0.2) is 5.13 Å². The second-order valence-corrected chi connectivity index (χ2v) is 5.30. The highest BCUT2D eigenvalue weighted by Gasteiger charge is 2.14. The Kier molecular flexibility index (Phi) is 5.17. The molecule has 0 bridgehead atoms. The van der Waals surface area contributed by atoms with Gasteiger partial charge in [0.1, 0.15) is 5.75 Å². The Morgan fingerprint density at radius 3 is 3.10 bits per heavy atom. The number of nitrogens with two attached hydrogens (primary N) is 1. The van der Waals surface area contributed by atoms with Gasteiger partial charge in [-0.25, -0.2) is 4.98 Å². The fourth-order valence-corrected chi connectivity index (χ4v) is 2.41. The van der Waals surface area contributed by atoms with Gasteiger partial charge < -0.3 is 10.5 Å². The van der Waals surface area contributed by atoms with E-state index in [4.69, 9.17) is 22.1 Å². The Hall–Kier alpha value is -2.07. The van der Waals surface area contributed by atoms with Crippen LogP contribution in [-0.4, -0.2) is 24.5 Å². The molecule has 0 aliphatic rings. The van der Waals surface area contributed by atoms with Crippen molar-refractivity contribution < 1.29 is 9.53 Å². The average molecular weight is 322 g/mol. The van der Waals surface area contributed by atoms with Gasteiger partial charge >= 0.3 is 0 Å². The summed E-state index contributed by atoms with van der Waals surface area (Å²) in [7, 11) is 1.49. The first-order valence-electron chi connectivity index (χ1n) is 5.93. The molecule has 0 radical (unpaired) electrons. The maximum atomic E-state index is 12.2. The number of halogens is 1. The van der Waals surface area contributed by atoms with Crippen molar-refractivity contribution in [1.29, 1.82) is 0 Å². The molecule has 0 saturated carbocycles. The number of hydrogen-bond donors (Lipinski definition) is 2. The van der Waals surface area contributed by atoms with Gasteiger partial charge in [0.05, 0.1) is 30.3 Å². The molecule has 0 unspecified atom stereocenters. The number of thiazole rings is 1. The van der Waals surface area contributed by atoms with E-state index in [-0.39, 0.29) is 12.5 Å². The van der Waals surface area contributed by atoms with Crippen LogP contribution in [0.2, 0.25) is 5.02 Å². The molecule has 7 heteroatoms. The Morgan fingerprint density at radius 2 is 2.38 bits per heavy atom. The van der Waals surface area contributed by atoms with Crippen molar-refractivity contribution in [3.05, 3.63) is 39.9 Å². The van der Waals surface area contributed by atoms with Gasteiger partial charge in [0, 0.05) is 5.02 Å². The third kappa shape index (κ3) is 3.95. The summed E-state index contributed by atoms with van der Waals surface area (Å²) < 4.78 is 5.14. The van der Waals surface area contributed by atoms with E-state index in [9.17, 15) is 4.79 Å². The Bertz CT molecular complexity index is 718. The number of ether oxygens (including phenoxy) is 1. The van der Waals surface area contributed by atoms with Crippen molar-refractivity contribution in [2.75, 3.05) is 19.0 Å². The van der Waals surface area contributed by atoms with Crippen molar-refractivity contribution in [1.82, 2.24) is 4.98 Å². The molecular formula is C14H12ClN3O2S. The SMILES string of the molecule is COc1ccc(Cl)cc1C(=O)Nc1ncc(C#CCN)s1. The van der Waals surface area contributed by atoms with Gasteiger partial charge in [-0.1, -0.05) is 34.8 Å². The minimum atomic E-state index is -0.345. The van der Waals surface area contributed by atoms with Crippen LogP contribution in [0, 0.1) is 11.8 Å². The molecular weight excluding hydrogens is 310 g/mol. The van der Waals surface area contributed by atoms with E-state index >= 15 is 0 Å². The van der Waals surface area contributed by atoms with Gasteiger partial charge in [-0.2, -0.15) is 0 Å². The highest BCUT2D eigenvalue weighted by Crippen LogP contribution is 2.24. The highest BCUT2D eigenvalue weighted by atomic mass is 35.5. The Morgan fingerprint density at radius 1 is 1.57 bits per heavy atom. The van der Waals surface area contributed by atoms with E-state index in [1.807, 2.05) is 0 Å². The third-order valence-electron chi connectivity index (χ3n) is 2.45. The number of benzene rings is 1. The van der Waals surface area contributed by atoms with Crippen LogP contribution in [0.1, 0.15) is 15.2 Å². The van der Waals surface area contributed by atoms with E-state index in [1.54, 1.807) is 24.4 Å². The average Bonchev–Trinajstić information content (AvgIpc) is 2.92.